The summed E-state index contributed by atoms with van der Waals surface area (Å²) in [6.07, 6.45) is 0.198. The van der Waals surface area contributed by atoms with Crippen molar-refractivity contribution in [2.24, 2.45) is 5.92 Å². The van der Waals surface area contributed by atoms with Gasteiger partial charge in [0.25, 0.3) is 5.91 Å². The van der Waals surface area contributed by atoms with E-state index in [9.17, 15) is 13.2 Å². The Morgan fingerprint density at radius 2 is 1.92 bits per heavy atom. The van der Waals surface area contributed by atoms with Crippen LogP contribution in [0.4, 0.5) is 0 Å². The van der Waals surface area contributed by atoms with E-state index in [1.165, 1.54) is 7.11 Å². The van der Waals surface area contributed by atoms with Gasteiger partial charge < -0.3 is 4.74 Å². The molecule has 9 heteroatoms. The number of hydrogen-bond donors (Lipinski definition) is 3. The molecule has 0 radical (unpaired) electrons. The molecule has 0 spiro atoms. The Balaban J connectivity index is 3.14. The average molecular weight is 391 g/mol. The molecule has 0 aliphatic carbocycles. The van der Waals surface area contributed by atoms with Crippen LogP contribution < -0.4 is 10.2 Å². The summed E-state index contributed by atoms with van der Waals surface area (Å²) in [5.74, 6) is -0.0451. The molecule has 1 rings (SSSR count). The summed E-state index contributed by atoms with van der Waals surface area (Å²) < 4.78 is 32.1. The Kier molecular flexibility index (Phi) is 8.70. The number of sulfonamides is 1. The van der Waals surface area contributed by atoms with E-state index in [0.29, 0.717) is 17.1 Å². The molecule has 7 nitrogen and oxygen atoms in total. The number of nitrogens with zero attached hydrogens (tertiary/aromatic N) is 1. The minimum Gasteiger partial charge on any atom is -0.497 e. The number of carbonyl (C=O) groups is 1. The van der Waals surface area contributed by atoms with E-state index in [0.717, 1.165) is 4.31 Å². The Hall–Kier alpha value is -1.29. The number of ether oxygens (including phenoxy) is 1. The minimum atomic E-state index is -3.78. The zero-order valence-corrected chi connectivity index (χ0v) is 16.4. The first-order valence-corrected chi connectivity index (χ1v) is 10.2. The first-order chi connectivity index (χ1) is 11.7. The van der Waals surface area contributed by atoms with Crippen LogP contribution in [-0.4, -0.2) is 49.3 Å². The summed E-state index contributed by atoms with van der Waals surface area (Å²) in [5, 5.41) is 8.97. The van der Waals surface area contributed by atoms with E-state index in [4.69, 9.17) is 9.94 Å². The van der Waals surface area contributed by atoms with Crippen LogP contribution in [0.15, 0.2) is 24.3 Å². The topological polar surface area (TPSA) is 95.9 Å². The summed E-state index contributed by atoms with van der Waals surface area (Å²) in [6, 6.07) is 5.70. The van der Waals surface area contributed by atoms with Gasteiger partial charge >= 0.3 is 0 Å². The van der Waals surface area contributed by atoms with Gasteiger partial charge in [0.15, 0.2) is 0 Å². The molecule has 0 unspecified atom stereocenters. The van der Waals surface area contributed by atoms with Crippen molar-refractivity contribution < 1.29 is 23.2 Å². The minimum absolute atomic E-state index is 0.0135. The number of rotatable bonds is 10. The summed E-state index contributed by atoms with van der Waals surface area (Å²) in [7, 11) is -2.25. The number of amides is 1. The van der Waals surface area contributed by atoms with Gasteiger partial charge in [0.2, 0.25) is 10.0 Å². The van der Waals surface area contributed by atoms with E-state index in [2.05, 4.69) is 12.6 Å². The lowest BCUT2D eigenvalue weighted by molar-refractivity contribution is -0.133. The van der Waals surface area contributed by atoms with Crippen LogP contribution in [0.1, 0.15) is 25.8 Å². The molecule has 0 fully saturated rings. The third-order valence-corrected chi connectivity index (χ3v) is 5.65. The number of thiol groups is 1. The second-order valence-electron chi connectivity index (χ2n) is 6.07. The van der Waals surface area contributed by atoms with Gasteiger partial charge in [0.05, 0.1) is 12.9 Å². The Bertz CT molecular complexity index is 647. The number of benzene rings is 1. The fourth-order valence-electron chi connectivity index (χ4n) is 2.41. The van der Waals surface area contributed by atoms with Crippen LogP contribution in [-0.2, 0) is 20.6 Å². The molecule has 1 atom stereocenters. The van der Waals surface area contributed by atoms with Crippen molar-refractivity contribution in [3.05, 3.63) is 29.8 Å². The van der Waals surface area contributed by atoms with Crippen molar-refractivity contribution in [2.45, 2.75) is 32.1 Å². The molecular formula is C16H26N2O5S2. The molecule has 0 saturated carbocycles. The Morgan fingerprint density at radius 1 is 1.32 bits per heavy atom. The zero-order valence-electron chi connectivity index (χ0n) is 14.7. The molecule has 25 heavy (non-hydrogen) atoms. The number of nitrogens with one attached hydrogen (secondary N) is 1. The van der Waals surface area contributed by atoms with Crippen molar-refractivity contribution >= 4 is 28.6 Å². The van der Waals surface area contributed by atoms with Crippen molar-refractivity contribution in [2.75, 3.05) is 19.4 Å². The standard InChI is InChI=1S/C16H26N2O5S2/c1-12(2)10-18(15(8-9-24)16(19)17-20)25(21,22)11-13-4-6-14(23-3)7-5-13/h4-7,12,15,20,24H,8-11H2,1-3H3,(H,17,19)/t15-/m0/s1. The summed E-state index contributed by atoms with van der Waals surface area (Å²) in [5.41, 5.74) is 2.15. The molecule has 1 aromatic carbocycles. The predicted octanol–water partition coefficient (Wildman–Crippen LogP) is 1.68. The maximum Gasteiger partial charge on any atom is 0.261 e. The second-order valence-corrected chi connectivity index (χ2v) is 8.44. The van der Waals surface area contributed by atoms with Gasteiger partial charge in [-0.25, -0.2) is 13.9 Å². The van der Waals surface area contributed by atoms with Gasteiger partial charge in [-0.15, -0.1) is 0 Å². The SMILES string of the molecule is COc1ccc(CS(=O)(=O)N(CC(C)C)[C@@H](CCS)C(=O)NO)cc1. The number of hydrogen-bond acceptors (Lipinski definition) is 6. The first kappa shape index (κ1) is 21.8. The van der Waals surface area contributed by atoms with Crippen LogP contribution in [0.5, 0.6) is 5.75 Å². The van der Waals surface area contributed by atoms with Gasteiger partial charge in [-0.1, -0.05) is 26.0 Å². The lowest BCUT2D eigenvalue weighted by atomic mass is 10.1. The van der Waals surface area contributed by atoms with Crippen molar-refractivity contribution in [1.82, 2.24) is 9.79 Å². The molecule has 1 amide bonds. The van der Waals surface area contributed by atoms with E-state index < -0.39 is 22.0 Å². The Labute approximate surface area is 154 Å². The number of hydroxylamine groups is 1. The van der Waals surface area contributed by atoms with E-state index in [1.807, 2.05) is 13.8 Å². The predicted molar refractivity (Wildman–Crippen MR) is 99.3 cm³/mol. The summed E-state index contributed by atoms with van der Waals surface area (Å²) >= 11 is 4.10. The van der Waals surface area contributed by atoms with E-state index >= 15 is 0 Å². The zero-order chi connectivity index (χ0) is 19.0. The maximum atomic E-state index is 12.9. The molecule has 0 aromatic heterocycles. The van der Waals surface area contributed by atoms with Crippen molar-refractivity contribution in [1.29, 1.82) is 0 Å². The molecule has 0 aliphatic heterocycles. The smallest absolute Gasteiger partial charge is 0.261 e. The van der Waals surface area contributed by atoms with Crippen LogP contribution in [0.3, 0.4) is 0 Å². The third kappa shape index (κ3) is 6.50. The third-order valence-electron chi connectivity index (χ3n) is 3.57. The van der Waals surface area contributed by atoms with Crippen molar-refractivity contribution in [3.63, 3.8) is 0 Å². The largest absolute Gasteiger partial charge is 0.497 e. The first-order valence-electron chi connectivity index (χ1n) is 7.92. The van der Waals surface area contributed by atoms with Gasteiger partial charge in [0.1, 0.15) is 11.8 Å². The highest BCUT2D eigenvalue weighted by atomic mass is 32.2. The molecule has 142 valence electrons. The highest BCUT2D eigenvalue weighted by molar-refractivity contribution is 7.88. The van der Waals surface area contributed by atoms with Crippen LogP contribution in [0.2, 0.25) is 0 Å². The van der Waals surface area contributed by atoms with Crippen LogP contribution in [0, 0.1) is 5.92 Å². The molecule has 0 heterocycles. The van der Waals surface area contributed by atoms with Crippen LogP contribution >= 0.6 is 12.6 Å². The van der Waals surface area contributed by atoms with Gasteiger partial charge in [-0.3, -0.25) is 10.0 Å². The molecule has 0 aliphatic rings. The highest BCUT2D eigenvalue weighted by Gasteiger charge is 2.34. The second kappa shape index (κ2) is 10.0. The fourth-order valence-corrected chi connectivity index (χ4v) is 4.55. The Morgan fingerprint density at radius 3 is 2.36 bits per heavy atom. The lowest BCUT2D eigenvalue weighted by Gasteiger charge is -2.30. The average Bonchev–Trinajstić information content (AvgIpc) is 2.57. The fraction of sp³-hybridized carbons (Fsp3) is 0.562. The molecule has 0 bridgehead atoms. The molecular weight excluding hydrogens is 364 g/mol. The van der Waals surface area contributed by atoms with E-state index in [-0.39, 0.29) is 24.6 Å². The molecule has 1 aromatic rings. The summed E-state index contributed by atoms with van der Waals surface area (Å²) in [6.45, 7) is 3.90. The van der Waals surface area contributed by atoms with Gasteiger partial charge in [-0.2, -0.15) is 16.9 Å². The lowest BCUT2D eigenvalue weighted by Crippen LogP contribution is -2.50. The normalized spacial score (nSPS) is 13.1. The molecule has 0 saturated heterocycles. The van der Waals surface area contributed by atoms with Crippen molar-refractivity contribution in [3.8, 4) is 5.75 Å². The maximum absolute atomic E-state index is 12.9. The van der Waals surface area contributed by atoms with Gasteiger partial charge in [0, 0.05) is 6.54 Å². The van der Waals surface area contributed by atoms with Gasteiger partial charge in [-0.05, 0) is 35.8 Å². The molecule has 2 N–H and O–H groups in total. The van der Waals surface area contributed by atoms with E-state index in [1.54, 1.807) is 29.7 Å². The number of methoxy groups -OCH3 is 1. The quantitative estimate of drug-likeness (QED) is 0.321. The number of carbonyl (C=O) groups excluding carboxylic acids is 1. The monoisotopic (exact) mass is 390 g/mol. The summed E-state index contributed by atoms with van der Waals surface area (Å²) in [4.78, 5) is 12.0. The highest BCUT2D eigenvalue weighted by Crippen LogP contribution is 2.20. The van der Waals surface area contributed by atoms with Crippen LogP contribution in [0.25, 0.3) is 0 Å².